The third kappa shape index (κ3) is 4.46. The Morgan fingerprint density at radius 2 is 2.00 bits per heavy atom. The lowest BCUT2D eigenvalue weighted by molar-refractivity contribution is -0.128. The molecule has 0 unspecified atom stereocenters. The molecule has 7 nitrogen and oxygen atoms in total. The summed E-state index contributed by atoms with van der Waals surface area (Å²) < 4.78 is 2.76. The van der Waals surface area contributed by atoms with Crippen molar-refractivity contribution in [3.05, 3.63) is 64.5 Å². The monoisotopic (exact) mass is 485 g/mol. The van der Waals surface area contributed by atoms with E-state index in [0.717, 1.165) is 17.4 Å². The number of nitrogens with zero attached hydrogens (tertiary/aromatic N) is 5. The number of ketones is 1. The van der Waals surface area contributed by atoms with Gasteiger partial charge in [0.1, 0.15) is 5.82 Å². The van der Waals surface area contributed by atoms with Gasteiger partial charge in [0.25, 0.3) is 0 Å². The first-order valence-electron chi connectivity index (χ1n) is 9.63. The van der Waals surface area contributed by atoms with E-state index in [2.05, 4.69) is 31.1 Å². The number of rotatable bonds is 7. The topological polar surface area (TPSA) is 81.0 Å². The van der Waals surface area contributed by atoms with Gasteiger partial charge in [0, 0.05) is 29.2 Å². The Bertz CT molecular complexity index is 1060. The van der Waals surface area contributed by atoms with Crippen molar-refractivity contribution in [3.8, 4) is 5.82 Å². The predicted octanol–water partition coefficient (Wildman–Crippen LogP) is 3.91. The van der Waals surface area contributed by atoms with E-state index in [1.54, 1.807) is 23.2 Å². The second kappa shape index (κ2) is 9.09. The van der Waals surface area contributed by atoms with Gasteiger partial charge >= 0.3 is 0 Å². The van der Waals surface area contributed by atoms with Gasteiger partial charge in [-0.15, -0.1) is 10.2 Å². The highest BCUT2D eigenvalue weighted by atomic mass is 79.9. The Morgan fingerprint density at radius 1 is 1.20 bits per heavy atom. The molecule has 30 heavy (non-hydrogen) atoms. The van der Waals surface area contributed by atoms with E-state index in [-0.39, 0.29) is 16.9 Å². The second-order valence-corrected chi connectivity index (χ2v) is 9.20. The number of hydrogen-bond acceptors (Lipinski definition) is 6. The Labute approximate surface area is 187 Å². The van der Waals surface area contributed by atoms with Crippen molar-refractivity contribution >= 4 is 39.4 Å². The highest BCUT2D eigenvalue weighted by molar-refractivity contribution is 9.10. The van der Waals surface area contributed by atoms with Crippen LogP contribution in [-0.2, 0) is 11.3 Å². The fourth-order valence-corrected chi connectivity index (χ4v) is 4.51. The summed E-state index contributed by atoms with van der Waals surface area (Å²) in [6.07, 6.45) is 3.12. The highest BCUT2D eigenvalue weighted by Crippen LogP contribution is 2.28. The molecular weight excluding hydrogens is 466 g/mol. The molecule has 0 aliphatic carbocycles. The fourth-order valence-electron chi connectivity index (χ4n) is 3.30. The normalized spacial score (nSPS) is 14.9. The molecule has 0 saturated carbocycles. The third-order valence-electron chi connectivity index (χ3n) is 4.86. The number of halogens is 1. The van der Waals surface area contributed by atoms with Crippen LogP contribution < -0.4 is 0 Å². The number of likely N-dealkylation sites (tertiary alicyclic amines) is 1. The number of hydrogen-bond donors (Lipinski definition) is 0. The lowest BCUT2D eigenvalue weighted by atomic mass is 10.1. The average Bonchev–Trinajstić information content (AvgIpc) is 3.35. The van der Waals surface area contributed by atoms with Crippen LogP contribution in [0.4, 0.5) is 0 Å². The minimum Gasteiger partial charge on any atom is -0.335 e. The van der Waals surface area contributed by atoms with Crippen molar-refractivity contribution in [2.75, 3.05) is 6.54 Å². The number of amides is 1. The van der Waals surface area contributed by atoms with Gasteiger partial charge < -0.3 is 4.90 Å². The molecule has 1 aliphatic rings. The molecule has 2 aromatic heterocycles. The zero-order valence-electron chi connectivity index (χ0n) is 16.4. The average molecular weight is 486 g/mol. The molecule has 1 aromatic carbocycles. The number of carbonyl (C=O) groups excluding carboxylic acids is 2. The van der Waals surface area contributed by atoms with Gasteiger partial charge in [0.2, 0.25) is 5.91 Å². The lowest BCUT2D eigenvalue weighted by Crippen LogP contribution is -2.26. The number of benzene rings is 1. The van der Waals surface area contributed by atoms with Crippen molar-refractivity contribution in [3.63, 3.8) is 0 Å². The van der Waals surface area contributed by atoms with Crippen LogP contribution in [-0.4, -0.2) is 48.1 Å². The van der Waals surface area contributed by atoms with Crippen LogP contribution in [0.2, 0.25) is 0 Å². The van der Waals surface area contributed by atoms with E-state index in [0.29, 0.717) is 35.3 Å². The first-order chi connectivity index (χ1) is 14.5. The van der Waals surface area contributed by atoms with E-state index in [4.69, 9.17) is 0 Å². The SMILES string of the molecule is C[C@@H](Sc1nnc(CN2CCCC2=O)n1-c1ccccn1)C(=O)c1ccc(Br)cc1. The summed E-state index contributed by atoms with van der Waals surface area (Å²) in [5.41, 5.74) is 0.644. The molecule has 9 heteroatoms. The largest absolute Gasteiger partial charge is 0.335 e. The summed E-state index contributed by atoms with van der Waals surface area (Å²) in [5, 5.41) is 8.87. The molecule has 1 amide bonds. The van der Waals surface area contributed by atoms with E-state index >= 15 is 0 Å². The van der Waals surface area contributed by atoms with Gasteiger partial charge in [-0.25, -0.2) is 4.98 Å². The molecule has 0 spiro atoms. The predicted molar refractivity (Wildman–Crippen MR) is 118 cm³/mol. The minimum absolute atomic E-state index is 0.0133. The smallest absolute Gasteiger partial charge is 0.223 e. The van der Waals surface area contributed by atoms with Crippen LogP contribution in [0.1, 0.15) is 35.9 Å². The van der Waals surface area contributed by atoms with Crippen molar-refractivity contribution in [1.82, 2.24) is 24.6 Å². The first-order valence-corrected chi connectivity index (χ1v) is 11.3. The zero-order valence-corrected chi connectivity index (χ0v) is 18.8. The zero-order chi connectivity index (χ0) is 21.1. The molecule has 3 aromatic rings. The van der Waals surface area contributed by atoms with Crippen molar-refractivity contribution in [1.29, 1.82) is 0 Å². The maximum atomic E-state index is 12.9. The molecule has 1 aliphatic heterocycles. The summed E-state index contributed by atoms with van der Waals surface area (Å²) in [7, 11) is 0. The summed E-state index contributed by atoms with van der Waals surface area (Å²) in [5.74, 6) is 1.43. The number of aromatic nitrogens is 4. The maximum Gasteiger partial charge on any atom is 0.223 e. The molecule has 4 rings (SSSR count). The van der Waals surface area contributed by atoms with E-state index in [9.17, 15) is 9.59 Å². The van der Waals surface area contributed by atoms with Gasteiger partial charge in [-0.05, 0) is 37.6 Å². The summed E-state index contributed by atoms with van der Waals surface area (Å²) in [6, 6.07) is 12.9. The lowest BCUT2D eigenvalue weighted by Gasteiger charge is -2.16. The molecular formula is C21H20BrN5O2S. The Morgan fingerprint density at radius 3 is 2.67 bits per heavy atom. The van der Waals surface area contributed by atoms with Crippen LogP contribution in [0.25, 0.3) is 5.82 Å². The molecule has 1 fully saturated rings. The standard InChI is InChI=1S/C21H20BrN5O2S/c1-14(20(29)15-7-9-16(22)10-8-15)30-21-25-24-18(13-26-12-4-6-19(26)28)27(21)17-5-2-3-11-23-17/h2-3,5,7-11,14H,4,6,12-13H2,1H3/t14-/m1/s1. The van der Waals surface area contributed by atoms with Gasteiger partial charge in [-0.2, -0.15) is 0 Å². The van der Waals surface area contributed by atoms with E-state index in [1.165, 1.54) is 11.8 Å². The maximum absolute atomic E-state index is 12.9. The summed E-state index contributed by atoms with van der Waals surface area (Å²) in [6.45, 7) is 2.95. The molecule has 0 N–H and O–H groups in total. The molecule has 0 bridgehead atoms. The minimum atomic E-state index is -0.362. The Kier molecular flexibility index (Phi) is 6.29. The van der Waals surface area contributed by atoms with Crippen molar-refractivity contribution in [2.24, 2.45) is 0 Å². The van der Waals surface area contributed by atoms with Crippen LogP contribution in [0.15, 0.2) is 58.3 Å². The third-order valence-corrected chi connectivity index (χ3v) is 6.43. The quantitative estimate of drug-likeness (QED) is 0.372. The first kappa shape index (κ1) is 20.7. The number of thioether (sulfide) groups is 1. The second-order valence-electron chi connectivity index (χ2n) is 6.97. The number of carbonyl (C=O) groups is 2. The van der Waals surface area contributed by atoms with Crippen LogP contribution >= 0.6 is 27.7 Å². The molecule has 154 valence electrons. The number of pyridine rings is 1. The van der Waals surface area contributed by atoms with Gasteiger partial charge in [0.15, 0.2) is 16.8 Å². The fraction of sp³-hybridized carbons (Fsp3) is 0.286. The van der Waals surface area contributed by atoms with Gasteiger partial charge in [-0.1, -0.05) is 45.9 Å². The van der Waals surface area contributed by atoms with Gasteiger partial charge in [0.05, 0.1) is 11.8 Å². The number of Topliss-reactive ketones (excluding diaryl/α,β-unsaturated/α-hetero) is 1. The van der Waals surface area contributed by atoms with Gasteiger partial charge in [-0.3, -0.25) is 14.2 Å². The Hall–Kier alpha value is -2.52. The van der Waals surface area contributed by atoms with E-state index < -0.39 is 0 Å². The Balaban J connectivity index is 1.61. The summed E-state index contributed by atoms with van der Waals surface area (Å²) >= 11 is 4.73. The van der Waals surface area contributed by atoms with Crippen molar-refractivity contribution in [2.45, 2.75) is 36.7 Å². The van der Waals surface area contributed by atoms with Crippen LogP contribution in [0, 0.1) is 0 Å². The van der Waals surface area contributed by atoms with Crippen LogP contribution in [0.5, 0.6) is 0 Å². The van der Waals surface area contributed by atoms with E-state index in [1.807, 2.05) is 41.8 Å². The molecule has 3 heterocycles. The van der Waals surface area contributed by atoms with Crippen molar-refractivity contribution < 1.29 is 9.59 Å². The molecule has 1 atom stereocenters. The molecule has 0 radical (unpaired) electrons. The molecule has 1 saturated heterocycles. The highest BCUT2D eigenvalue weighted by Gasteiger charge is 2.26. The van der Waals surface area contributed by atoms with Crippen LogP contribution in [0.3, 0.4) is 0 Å². The summed E-state index contributed by atoms with van der Waals surface area (Å²) in [4.78, 5) is 31.2.